The molecule has 60 valence electrons. The fraction of sp³-hybridized carbons (Fsp3) is 0.833. The van der Waals surface area contributed by atoms with E-state index < -0.39 is 11.5 Å². The first-order valence-corrected chi connectivity index (χ1v) is 3.60. The summed E-state index contributed by atoms with van der Waals surface area (Å²) in [6, 6.07) is 0. The fourth-order valence-corrected chi connectivity index (χ4v) is 0.818. The van der Waals surface area contributed by atoms with E-state index in [1.165, 1.54) is 0 Å². The van der Waals surface area contributed by atoms with Crippen molar-refractivity contribution in [3.63, 3.8) is 0 Å². The highest BCUT2D eigenvalue weighted by atomic mass is 32.1. The summed E-state index contributed by atoms with van der Waals surface area (Å²) in [4.78, 5) is 12.2. The molecule has 0 aromatic carbocycles. The van der Waals surface area contributed by atoms with Crippen molar-refractivity contribution in [3.8, 4) is 0 Å². The molecule has 1 N–H and O–H groups in total. The molecule has 0 aromatic rings. The van der Waals surface area contributed by atoms with Crippen molar-refractivity contribution in [1.29, 1.82) is 0 Å². The standard InChI is InChI=1S/C6H13NO2S/c1-6(4-10,5(8)9)7(2)3/h10H,4H2,1-3H3,(H,8,9). The molecule has 10 heavy (non-hydrogen) atoms. The smallest absolute Gasteiger partial charge is 0.324 e. The second-order valence-corrected chi connectivity index (χ2v) is 2.95. The van der Waals surface area contributed by atoms with E-state index in [9.17, 15) is 4.79 Å². The minimum Gasteiger partial charge on any atom is -0.480 e. The van der Waals surface area contributed by atoms with Crippen LogP contribution in [0.1, 0.15) is 6.92 Å². The Kier molecular flexibility index (Phi) is 3.18. The Morgan fingerprint density at radius 3 is 2.10 bits per heavy atom. The average Bonchev–Trinajstić information content (AvgIpc) is 1.85. The number of hydrogen-bond acceptors (Lipinski definition) is 3. The maximum atomic E-state index is 10.6. The molecule has 0 saturated heterocycles. The number of hydrogen-bond donors (Lipinski definition) is 2. The van der Waals surface area contributed by atoms with Gasteiger partial charge < -0.3 is 5.11 Å². The molecular weight excluding hydrogens is 150 g/mol. The van der Waals surface area contributed by atoms with Crippen molar-refractivity contribution in [2.24, 2.45) is 0 Å². The normalized spacial score (nSPS) is 16.9. The minimum atomic E-state index is -0.844. The zero-order valence-corrected chi connectivity index (χ0v) is 7.35. The summed E-state index contributed by atoms with van der Waals surface area (Å²) in [5.41, 5.74) is -0.844. The highest BCUT2D eigenvalue weighted by Gasteiger charge is 2.33. The summed E-state index contributed by atoms with van der Waals surface area (Å²) in [5.74, 6) is -0.525. The first kappa shape index (κ1) is 9.78. The first-order chi connectivity index (χ1) is 4.45. The molecule has 0 amide bonds. The van der Waals surface area contributed by atoms with Crippen molar-refractivity contribution in [2.45, 2.75) is 12.5 Å². The van der Waals surface area contributed by atoms with Crippen LogP contribution in [0.4, 0.5) is 0 Å². The van der Waals surface area contributed by atoms with E-state index in [0.717, 1.165) is 0 Å². The molecule has 0 aliphatic heterocycles. The number of aliphatic carboxylic acids is 1. The Labute approximate surface area is 66.4 Å². The molecule has 0 saturated carbocycles. The molecule has 0 aliphatic carbocycles. The van der Waals surface area contributed by atoms with Gasteiger partial charge in [-0.25, -0.2) is 0 Å². The van der Waals surface area contributed by atoms with Gasteiger partial charge in [0, 0.05) is 5.75 Å². The van der Waals surface area contributed by atoms with Crippen molar-refractivity contribution < 1.29 is 9.90 Å². The highest BCUT2D eigenvalue weighted by molar-refractivity contribution is 7.80. The number of carboxylic acids is 1. The lowest BCUT2D eigenvalue weighted by molar-refractivity contribution is -0.147. The summed E-state index contributed by atoms with van der Waals surface area (Å²) in [6.07, 6.45) is 0. The minimum absolute atomic E-state index is 0.315. The molecule has 0 aliphatic rings. The van der Waals surface area contributed by atoms with E-state index >= 15 is 0 Å². The molecule has 1 unspecified atom stereocenters. The summed E-state index contributed by atoms with van der Waals surface area (Å²) in [6.45, 7) is 1.64. The third-order valence-corrected chi connectivity index (χ3v) is 2.37. The van der Waals surface area contributed by atoms with E-state index in [0.29, 0.717) is 5.75 Å². The first-order valence-electron chi connectivity index (χ1n) is 2.97. The Morgan fingerprint density at radius 2 is 2.10 bits per heavy atom. The quantitative estimate of drug-likeness (QED) is 0.589. The maximum absolute atomic E-state index is 10.6. The van der Waals surface area contributed by atoms with Gasteiger partial charge in [-0.15, -0.1) is 0 Å². The van der Waals surface area contributed by atoms with E-state index in [1.54, 1.807) is 25.9 Å². The van der Waals surface area contributed by atoms with Gasteiger partial charge in [0.25, 0.3) is 0 Å². The van der Waals surface area contributed by atoms with Crippen LogP contribution in [0.2, 0.25) is 0 Å². The number of carboxylic acid groups (broad SMARTS) is 1. The van der Waals surface area contributed by atoms with Gasteiger partial charge in [-0.3, -0.25) is 9.69 Å². The number of nitrogens with zero attached hydrogens (tertiary/aromatic N) is 1. The molecule has 0 heterocycles. The van der Waals surface area contributed by atoms with Crippen LogP contribution in [0.25, 0.3) is 0 Å². The van der Waals surface area contributed by atoms with E-state index in [2.05, 4.69) is 12.6 Å². The van der Waals surface area contributed by atoms with Crippen LogP contribution in [0.5, 0.6) is 0 Å². The second kappa shape index (κ2) is 3.25. The van der Waals surface area contributed by atoms with Crippen LogP contribution < -0.4 is 0 Å². The number of carbonyl (C=O) groups is 1. The van der Waals surface area contributed by atoms with Gasteiger partial charge in [0.15, 0.2) is 0 Å². The van der Waals surface area contributed by atoms with Crippen LogP contribution in [-0.2, 0) is 4.79 Å². The van der Waals surface area contributed by atoms with Crippen LogP contribution in [-0.4, -0.2) is 41.4 Å². The van der Waals surface area contributed by atoms with Crippen molar-refractivity contribution in [3.05, 3.63) is 0 Å². The predicted molar refractivity (Wildman–Crippen MR) is 43.6 cm³/mol. The summed E-state index contributed by atoms with van der Waals surface area (Å²) in [5, 5.41) is 8.71. The van der Waals surface area contributed by atoms with Gasteiger partial charge in [-0.1, -0.05) is 0 Å². The molecule has 0 radical (unpaired) electrons. The Morgan fingerprint density at radius 1 is 1.70 bits per heavy atom. The summed E-state index contributed by atoms with van der Waals surface area (Å²) in [7, 11) is 3.45. The third kappa shape index (κ3) is 1.64. The van der Waals surface area contributed by atoms with Crippen molar-refractivity contribution >= 4 is 18.6 Å². The van der Waals surface area contributed by atoms with E-state index in [-0.39, 0.29) is 0 Å². The average molecular weight is 163 g/mol. The molecule has 0 bridgehead atoms. The molecule has 0 fully saturated rings. The molecular formula is C6H13NO2S. The van der Waals surface area contributed by atoms with E-state index in [1.807, 2.05) is 0 Å². The maximum Gasteiger partial charge on any atom is 0.324 e. The summed E-state index contributed by atoms with van der Waals surface area (Å²) >= 11 is 3.96. The molecule has 1 atom stereocenters. The Hall–Kier alpha value is -0.220. The van der Waals surface area contributed by atoms with Gasteiger partial charge in [-0.05, 0) is 21.0 Å². The monoisotopic (exact) mass is 163 g/mol. The van der Waals surface area contributed by atoms with Crippen molar-refractivity contribution in [2.75, 3.05) is 19.8 Å². The van der Waals surface area contributed by atoms with Gasteiger partial charge in [0.05, 0.1) is 0 Å². The molecule has 0 aromatic heterocycles. The summed E-state index contributed by atoms with van der Waals surface area (Å²) < 4.78 is 0. The van der Waals surface area contributed by atoms with Crippen LogP contribution >= 0.6 is 12.6 Å². The number of thiol groups is 1. The topological polar surface area (TPSA) is 40.5 Å². The lowest BCUT2D eigenvalue weighted by Gasteiger charge is -2.29. The van der Waals surface area contributed by atoms with Gasteiger partial charge >= 0.3 is 5.97 Å². The second-order valence-electron chi connectivity index (χ2n) is 2.63. The lowest BCUT2D eigenvalue weighted by atomic mass is 10.1. The predicted octanol–water partition coefficient (Wildman–Crippen LogP) is 0.321. The highest BCUT2D eigenvalue weighted by Crippen LogP contribution is 2.12. The van der Waals surface area contributed by atoms with E-state index in [4.69, 9.17) is 5.11 Å². The van der Waals surface area contributed by atoms with Gasteiger partial charge in [-0.2, -0.15) is 12.6 Å². The SMILES string of the molecule is CN(C)C(C)(CS)C(=O)O. The molecule has 0 spiro atoms. The molecule has 3 nitrogen and oxygen atoms in total. The Bertz CT molecular complexity index is 138. The molecule has 0 rings (SSSR count). The fourth-order valence-electron chi connectivity index (χ4n) is 0.400. The van der Waals surface area contributed by atoms with Gasteiger partial charge in [0.1, 0.15) is 5.54 Å². The lowest BCUT2D eigenvalue weighted by Crippen LogP contribution is -2.50. The number of likely N-dealkylation sites (N-methyl/N-ethyl adjacent to an activating group) is 1. The number of rotatable bonds is 3. The van der Waals surface area contributed by atoms with Crippen LogP contribution in [0.3, 0.4) is 0 Å². The van der Waals surface area contributed by atoms with Gasteiger partial charge in [0.2, 0.25) is 0 Å². The molecule has 4 heteroatoms. The van der Waals surface area contributed by atoms with Crippen LogP contribution in [0, 0.1) is 0 Å². The zero-order chi connectivity index (χ0) is 8.36. The van der Waals surface area contributed by atoms with Crippen molar-refractivity contribution in [1.82, 2.24) is 4.90 Å². The Balaban J connectivity index is 4.38. The third-order valence-electron chi connectivity index (χ3n) is 1.76. The largest absolute Gasteiger partial charge is 0.480 e. The van der Waals surface area contributed by atoms with Crippen LogP contribution in [0.15, 0.2) is 0 Å². The zero-order valence-electron chi connectivity index (χ0n) is 6.46.